The average Bonchev–Trinajstić information content (AvgIpc) is 2.57. The van der Waals surface area contributed by atoms with Crippen LogP contribution in [0.3, 0.4) is 0 Å². The average molecular weight is 307 g/mol. The van der Waals surface area contributed by atoms with Gasteiger partial charge in [0.15, 0.2) is 0 Å². The highest BCUT2D eigenvalue weighted by Crippen LogP contribution is 2.40. The number of hydrogen-bond donors (Lipinski definition) is 1. The van der Waals surface area contributed by atoms with Crippen molar-refractivity contribution in [3.05, 3.63) is 59.9 Å². The molecule has 23 heavy (non-hydrogen) atoms. The van der Waals surface area contributed by atoms with E-state index in [2.05, 4.69) is 33.4 Å². The van der Waals surface area contributed by atoms with Crippen LogP contribution < -0.4 is 5.32 Å². The molecule has 1 saturated heterocycles. The number of aromatic nitrogens is 1. The lowest BCUT2D eigenvalue weighted by Crippen LogP contribution is -2.52. The molecule has 0 saturated carbocycles. The molecule has 1 aromatic carbocycles. The van der Waals surface area contributed by atoms with E-state index in [4.69, 9.17) is 0 Å². The van der Waals surface area contributed by atoms with E-state index in [1.54, 1.807) is 6.20 Å². The van der Waals surface area contributed by atoms with Crippen molar-refractivity contribution in [2.24, 2.45) is 5.41 Å². The van der Waals surface area contributed by atoms with E-state index in [1.165, 1.54) is 11.1 Å². The van der Waals surface area contributed by atoms with Gasteiger partial charge < -0.3 is 5.32 Å². The third kappa shape index (κ3) is 2.75. The molecule has 1 amide bonds. The van der Waals surface area contributed by atoms with Crippen LogP contribution in [0.2, 0.25) is 0 Å². The maximum atomic E-state index is 12.8. The fraction of sp³-hybridized carbons (Fsp3) is 0.368. The number of anilines is 1. The number of piperidine rings is 1. The van der Waals surface area contributed by atoms with E-state index < -0.39 is 0 Å². The molecule has 1 unspecified atom stereocenters. The Kier molecular flexibility index (Phi) is 3.62. The first kappa shape index (κ1) is 14.4. The molecule has 1 atom stereocenters. The van der Waals surface area contributed by atoms with Gasteiger partial charge in [-0.1, -0.05) is 24.3 Å². The molecule has 1 N–H and O–H groups in total. The van der Waals surface area contributed by atoms with Crippen molar-refractivity contribution in [2.75, 3.05) is 18.4 Å². The molecule has 3 heterocycles. The Bertz CT molecular complexity index is 716. The number of rotatable bonds is 2. The summed E-state index contributed by atoms with van der Waals surface area (Å²) in [4.78, 5) is 19.4. The van der Waals surface area contributed by atoms with Crippen LogP contribution in [0.15, 0.2) is 48.8 Å². The first-order chi connectivity index (χ1) is 11.3. The van der Waals surface area contributed by atoms with E-state index in [-0.39, 0.29) is 11.3 Å². The Balaban J connectivity index is 1.55. The lowest BCUT2D eigenvalue weighted by atomic mass is 9.72. The summed E-state index contributed by atoms with van der Waals surface area (Å²) >= 11 is 0. The van der Waals surface area contributed by atoms with Crippen molar-refractivity contribution in [3.63, 3.8) is 0 Å². The second-order valence-electron chi connectivity index (χ2n) is 6.74. The minimum atomic E-state index is -0.283. The van der Waals surface area contributed by atoms with E-state index in [0.717, 1.165) is 44.6 Å². The second-order valence-corrected chi connectivity index (χ2v) is 6.74. The van der Waals surface area contributed by atoms with Gasteiger partial charge in [-0.25, -0.2) is 0 Å². The monoisotopic (exact) mass is 307 g/mol. The summed E-state index contributed by atoms with van der Waals surface area (Å²) in [5.41, 5.74) is 3.17. The number of pyridine rings is 1. The van der Waals surface area contributed by atoms with E-state index in [9.17, 15) is 4.79 Å². The van der Waals surface area contributed by atoms with E-state index in [1.807, 2.05) is 24.4 Å². The normalized spacial score (nSPS) is 24.3. The summed E-state index contributed by atoms with van der Waals surface area (Å²) in [6.45, 7) is 2.73. The Morgan fingerprint density at radius 2 is 2.13 bits per heavy atom. The summed E-state index contributed by atoms with van der Waals surface area (Å²) in [5, 5.41) is 3.13. The van der Waals surface area contributed by atoms with Gasteiger partial charge in [-0.05, 0) is 49.1 Å². The maximum Gasteiger partial charge on any atom is 0.232 e. The Hall–Kier alpha value is -2.20. The SMILES string of the molecule is O=C1Nc2ccccc2CC12CCCN(Cc1cccnc1)C2. The smallest absolute Gasteiger partial charge is 0.232 e. The summed E-state index contributed by atoms with van der Waals surface area (Å²) in [5.74, 6) is 0.187. The van der Waals surface area contributed by atoms with Crippen LogP contribution >= 0.6 is 0 Å². The molecule has 4 nitrogen and oxygen atoms in total. The van der Waals surface area contributed by atoms with Crippen LogP contribution in [0.5, 0.6) is 0 Å². The van der Waals surface area contributed by atoms with Crippen LogP contribution in [0.4, 0.5) is 5.69 Å². The lowest BCUT2D eigenvalue weighted by Gasteiger charge is -2.44. The van der Waals surface area contributed by atoms with Crippen molar-refractivity contribution in [1.82, 2.24) is 9.88 Å². The minimum Gasteiger partial charge on any atom is -0.325 e. The number of likely N-dealkylation sites (tertiary alicyclic amines) is 1. The standard InChI is InChI=1S/C19H21N3O/c23-18-19(11-16-6-1-2-7-17(16)21-18)8-4-10-22(14-19)13-15-5-3-9-20-12-15/h1-3,5-7,9,12H,4,8,10-11,13-14H2,(H,21,23). The zero-order valence-electron chi connectivity index (χ0n) is 13.2. The Labute approximate surface area is 136 Å². The number of benzene rings is 1. The van der Waals surface area contributed by atoms with Gasteiger partial charge >= 0.3 is 0 Å². The topological polar surface area (TPSA) is 45.2 Å². The van der Waals surface area contributed by atoms with Crippen molar-refractivity contribution in [1.29, 1.82) is 0 Å². The van der Waals surface area contributed by atoms with Gasteiger partial charge in [0.2, 0.25) is 5.91 Å². The second kappa shape index (κ2) is 5.78. The quantitative estimate of drug-likeness (QED) is 0.928. The van der Waals surface area contributed by atoms with Gasteiger partial charge in [-0.2, -0.15) is 0 Å². The van der Waals surface area contributed by atoms with Crippen molar-refractivity contribution in [2.45, 2.75) is 25.8 Å². The Morgan fingerprint density at radius 1 is 1.22 bits per heavy atom. The van der Waals surface area contributed by atoms with Gasteiger partial charge in [0.1, 0.15) is 0 Å². The number of carbonyl (C=O) groups is 1. The van der Waals surface area contributed by atoms with Crippen molar-refractivity contribution >= 4 is 11.6 Å². The van der Waals surface area contributed by atoms with Crippen LogP contribution in [0, 0.1) is 5.41 Å². The molecule has 4 heteroatoms. The highest BCUT2D eigenvalue weighted by atomic mass is 16.2. The highest BCUT2D eigenvalue weighted by molar-refractivity contribution is 5.98. The molecule has 0 radical (unpaired) electrons. The van der Waals surface area contributed by atoms with Crippen LogP contribution in [-0.2, 0) is 17.8 Å². The predicted molar refractivity (Wildman–Crippen MR) is 90.0 cm³/mol. The first-order valence-corrected chi connectivity index (χ1v) is 8.26. The molecular formula is C19H21N3O. The molecule has 118 valence electrons. The van der Waals surface area contributed by atoms with Gasteiger partial charge in [-0.3, -0.25) is 14.7 Å². The molecule has 0 aliphatic carbocycles. The van der Waals surface area contributed by atoms with Gasteiger partial charge in [0.25, 0.3) is 0 Å². The fourth-order valence-corrected chi connectivity index (χ4v) is 3.94. The molecule has 1 spiro atoms. The fourth-order valence-electron chi connectivity index (χ4n) is 3.94. The Morgan fingerprint density at radius 3 is 3.00 bits per heavy atom. The summed E-state index contributed by atoms with van der Waals surface area (Å²) < 4.78 is 0. The number of carbonyl (C=O) groups excluding carboxylic acids is 1. The van der Waals surface area contributed by atoms with Crippen LogP contribution in [0.1, 0.15) is 24.0 Å². The van der Waals surface area contributed by atoms with E-state index in [0.29, 0.717) is 0 Å². The van der Waals surface area contributed by atoms with Gasteiger partial charge in [-0.15, -0.1) is 0 Å². The predicted octanol–water partition coefficient (Wildman–Crippen LogP) is 2.86. The number of para-hydroxylation sites is 1. The molecule has 1 fully saturated rings. The number of amides is 1. The third-order valence-electron chi connectivity index (χ3n) is 5.06. The molecule has 4 rings (SSSR count). The number of fused-ring (bicyclic) bond motifs is 1. The highest BCUT2D eigenvalue weighted by Gasteiger charge is 2.44. The first-order valence-electron chi connectivity index (χ1n) is 8.26. The third-order valence-corrected chi connectivity index (χ3v) is 5.06. The number of nitrogens with one attached hydrogen (secondary N) is 1. The van der Waals surface area contributed by atoms with Crippen LogP contribution in [0.25, 0.3) is 0 Å². The minimum absolute atomic E-state index is 0.187. The number of hydrogen-bond acceptors (Lipinski definition) is 3. The van der Waals surface area contributed by atoms with Crippen molar-refractivity contribution in [3.8, 4) is 0 Å². The summed E-state index contributed by atoms with van der Waals surface area (Å²) in [6.07, 6.45) is 6.59. The molecule has 1 aromatic heterocycles. The summed E-state index contributed by atoms with van der Waals surface area (Å²) in [6, 6.07) is 12.2. The van der Waals surface area contributed by atoms with Gasteiger partial charge in [0.05, 0.1) is 5.41 Å². The van der Waals surface area contributed by atoms with Crippen LogP contribution in [-0.4, -0.2) is 28.9 Å². The molecule has 2 aliphatic heterocycles. The molecular weight excluding hydrogens is 286 g/mol. The maximum absolute atomic E-state index is 12.8. The zero-order chi connectivity index (χ0) is 15.7. The molecule has 2 aliphatic rings. The summed E-state index contributed by atoms with van der Waals surface area (Å²) in [7, 11) is 0. The molecule has 0 bridgehead atoms. The van der Waals surface area contributed by atoms with E-state index >= 15 is 0 Å². The zero-order valence-corrected chi connectivity index (χ0v) is 13.2. The number of nitrogens with zero attached hydrogens (tertiary/aromatic N) is 2. The van der Waals surface area contributed by atoms with Crippen molar-refractivity contribution < 1.29 is 4.79 Å². The lowest BCUT2D eigenvalue weighted by molar-refractivity contribution is -0.129. The largest absolute Gasteiger partial charge is 0.325 e. The van der Waals surface area contributed by atoms with Gasteiger partial charge in [0, 0.05) is 31.2 Å². The molecule has 2 aromatic rings.